The second-order valence-corrected chi connectivity index (χ2v) is 10.7. The summed E-state index contributed by atoms with van der Waals surface area (Å²) in [6, 6.07) is -3.93. The van der Waals surface area contributed by atoms with E-state index in [4.69, 9.17) is 0 Å². The van der Waals surface area contributed by atoms with Crippen LogP contribution in [0.4, 0.5) is 22.0 Å². The molecule has 6 atom stereocenters. The van der Waals surface area contributed by atoms with Crippen molar-refractivity contribution in [1.29, 1.82) is 5.26 Å². The van der Waals surface area contributed by atoms with Gasteiger partial charge < -0.3 is 20.9 Å². The number of carbonyl (C=O) groups is 4. The van der Waals surface area contributed by atoms with Gasteiger partial charge in [0.25, 0.3) is 5.92 Å². The summed E-state index contributed by atoms with van der Waals surface area (Å²) in [5.41, 5.74) is 0. The molecule has 2 bridgehead atoms. The van der Waals surface area contributed by atoms with E-state index in [0.29, 0.717) is 19.4 Å². The van der Waals surface area contributed by atoms with Crippen LogP contribution in [0.15, 0.2) is 0 Å². The molecule has 1 saturated carbocycles. The first-order chi connectivity index (χ1) is 17.7. The van der Waals surface area contributed by atoms with Crippen LogP contribution in [-0.4, -0.2) is 71.3 Å². The molecule has 0 aromatic heterocycles. The highest BCUT2D eigenvalue weighted by molar-refractivity contribution is 5.94. The number of nitrogens with one attached hydrogen (secondary N) is 3. The summed E-state index contributed by atoms with van der Waals surface area (Å²) in [4.78, 5) is 51.5. The minimum atomic E-state index is -5.27. The van der Waals surface area contributed by atoms with Crippen LogP contribution in [0.2, 0.25) is 0 Å². The third-order valence-corrected chi connectivity index (χ3v) is 7.42. The van der Waals surface area contributed by atoms with Gasteiger partial charge in [0.2, 0.25) is 17.7 Å². The van der Waals surface area contributed by atoms with Crippen LogP contribution in [0.3, 0.4) is 0 Å². The Kier molecular flexibility index (Phi) is 8.88. The number of alkyl halides is 5. The van der Waals surface area contributed by atoms with Gasteiger partial charge in [-0.1, -0.05) is 13.8 Å². The van der Waals surface area contributed by atoms with Gasteiger partial charge in [0.05, 0.1) is 12.0 Å². The molecule has 9 nitrogen and oxygen atoms in total. The lowest BCUT2D eigenvalue weighted by Crippen LogP contribution is -2.71. The molecule has 3 aliphatic heterocycles. The van der Waals surface area contributed by atoms with Crippen molar-refractivity contribution in [2.24, 2.45) is 17.8 Å². The Morgan fingerprint density at radius 3 is 2.42 bits per heavy atom. The van der Waals surface area contributed by atoms with Gasteiger partial charge in [-0.25, -0.2) is 8.78 Å². The zero-order chi connectivity index (χ0) is 28.4. The molecule has 38 heavy (non-hydrogen) atoms. The molecule has 4 rings (SSSR count). The van der Waals surface area contributed by atoms with E-state index in [1.165, 1.54) is 0 Å². The standard InChI is InChI=1S/C24H32F5N5O4/c1-12(2)8-17(33-22(38)24(27,28)29)21(37)34-15-5-6-16(23(25,26)10-15)18(34)20(36)32-14(11-30)9-13-4-3-7-31-19(13)35/h12-18H,3-10H2,1-2H3,(H,31,35)(H,32,36)(H,33,38)/t13-,14-,15-,16-,17+,18+/m1/s1. The van der Waals surface area contributed by atoms with Crippen molar-refractivity contribution in [3.8, 4) is 6.07 Å². The lowest BCUT2D eigenvalue weighted by molar-refractivity contribution is -0.196. The summed E-state index contributed by atoms with van der Waals surface area (Å²) in [5, 5.41) is 16.3. The summed E-state index contributed by atoms with van der Waals surface area (Å²) in [7, 11) is 0. The van der Waals surface area contributed by atoms with Crippen molar-refractivity contribution < 1.29 is 41.1 Å². The monoisotopic (exact) mass is 549 g/mol. The van der Waals surface area contributed by atoms with Gasteiger partial charge in [-0.05, 0) is 44.4 Å². The Morgan fingerprint density at radius 2 is 1.87 bits per heavy atom. The van der Waals surface area contributed by atoms with E-state index in [1.54, 1.807) is 19.2 Å². The van der Waals surface area contributed by atoms with Crippen LogP contribution in [0, 0.1) is 29.1 Å². The van der Waals surface area contributed by atoms with Crippen LogP contribution in [0.25, 0.3) is 0 Å². The molecule has 212 valence electrons. The fourth-order valence-electron chi connectivity index (χ4n) is 5.68. The maximum Gasteiger partial charge on any atom is 0.471 e. The molecular weight excluding hydrogens is 517 g/mol. The van der Waals surface area contributed by atoms with Crippen molar-refractivity contribution >= 4 is 23.6 Å². The van der Waals surface area contributed by atoms with Crippen LogP contribution in [0.1, 0.15) is 58.8 Å². The molecule has 4 amide bonds. The number of piperidine rings is 3. The minimum absolute atomic E-state index is 0.0587. The van der Waals surface area contributed by atoms with Gasteiger partial charge in [-0.15, -0.1) is 0 Å². The number of carbonyl (C=O) groups excluding carboxylic acids is 4. The zero-order valence-corrected chi connectivity index (χ0v) is 21.1. The fourth-order valence-corrected chi connectivity index (χ4v) is 5.68. The highest BCUT2D eigenvalue weighted by atomic mass is 19.4. The van der Waals surface area contributed by atoms with Gasteiger partial charge >= 0.3 is 12.1 Å². The number of nitriles is 1. The molecular formula is C24H32F5N5O4. The Hall–Kier alpha value is -2.98. The molecule has 3 saturated heterocycles. The van der Waals surface area contributed by atoms with Crippen molar-refractivity contribution in [1.82, 2.24) is 20.9 Å². The second kappa shape index (κ2) is 11.4. The number of fused-ring (bicyclic) bond motifs is 3. The van der Waals surface area contributed by atoms with E-state index >= 15 is 0 Å². The van der Waals surface area contributed by atoms with Crippen molar-refractivity contribution in [2.75, 3.05) is 6.54 Å². The maximum absolute atomic E-state index is 14.9. The summed E-state index contributed by atoms with van der Waals surface area (Å²) >= 11 is 0. The van der Waals surface area contributed by atoms with Gasteiger partial charge in [0, 0.05) is 24.9 Å². The molecule has 0 unspecified atom stereocenters. The number of nitrogens with zero attached hydrogens (tertiary/aromatic N) is 2. The molecule has 1 aliphatic carbocycles. The molecule has 14 heteroatoms. The SMILES string of the molecule is CC(C)C[C@H](NC(=O)C(F)(F)F)C(=O)N1[C@@H]2CC[C@H]([C@H]1C(=O)N[C@@H](C#N)C[C@H]1CCCNC1=O)C(F)(F)C2. The first-order valence-electron chi connectivity index (χ1n) is 12.7. The Labute approximate surface area is 216 Å². The van der Waals surface area contributed by atoms with Crippen molar-refractivity contribution in [2.45, 2.75) is 95.1 Å². The topological polar surface area (TPSA) is 131 Å². The van der Waals surface area contributed by atoms with Crippen molar-refractivity contribution in [3.05, 3.63) is 0 Å². The smallest absolute Gasteiger partial charge is 0.356 e. The average Bonchev–Trinajstić information content (AvgIpc) is 2.82. The van der Waals surface area contributed by atoms with E-state index in [-0.39, 0.29) is 37.5 Å². The van der Waals surface area contributed by atoms with E-state index in [0.717, 1.165) is 4.90 Å². The molecule has 0 aromatic carbocycles. The quantitative estimate of drug-likeness (QED) is 0.399. The summed E-state index contributed by atoms with van der Waals surface area (Å²) in [6.45, 7) is 3.71. The third kappa shape index (κ3) is 6.53. The highest BCUT2D eigenvalue weighted by Crippen LogP contribution is 2.49. The van der Waals surface area contributed by atoms with Crippen LogP contribution in [-0.2, 0) is 19.2 Å². The summed E-state index contributed by atoms with van der Waals surface area (Å²) in [5.74, 6) is -10.6. The largest absolute Gasteiger partial charge is 0.471 e. The lowest BCUT2D eigenvalue weighted by Gasteiger charge is -2.54. The van der Waals surface area contributed by atoms with E-state index in [2.05, 4.69) is 10.6 Å². The lowest BCUT2D eigenvalue weighted by atomic mass is 9.71. The van der Waals surface area contributed by atoms with Gasteiger partial charge in [-0.3, -0.25) is 19.2 Å². The maximum atomic E-state index is 14.9. The molecule has 0 spiro atoms. The van der Waals surface area contributed by atoms with Crippen LogP contribution in [0.5, 0.6) is 0 Å². The van der Waals surface area contributed by atoms with Crippen LogP contribution >= 0.6 is 0 Å². The number of rotatable bonds is 8. The first kappa shape index (κ1) is 29.6. The highest BCUT2D eigenvalue weighted by Gasteiger charge is 2.61. The van der Waals surface area contributed by atoms with Crippen LogP contribution < -0.4 is 16.0 Å². The first-order valence-corrected chi connectivity index (χ1v) is 12.7. The van der Waals surface area contributed by atoms with Gasteiger partial charge in [0.1, 0.15) is 18.1 Å². The molecule has 3 N–H and O–H groups in total. The predicted molar refractivity (Wildman–Crippen MR) is 122 cm³/mol. The third-order valence-electron chi connectivity index (χ3n) is 7.42. The average molecular weight is 550 g/mol. The number of amides is 4. The fraction of sp³-hybridized carbons (Fsp3) is 0.792. The summed E-state index contributed by atoms with van der Waals surface area (Å²) in [6.07, 6.45) is -5.15. The predicted octanol–water partition coefficient (Wildman–Crippen LogP) is 2.02. The number of hydrogen-bond acceptors (Lipinski definition) is 5. The van der Waals surface area contributed by atoms with E-state index in [1.807, 2.05) is 6.07 Å². The Morgan fingerprint density at radius 1 is 1.18 bits per heavy atom. The van der Waals surface area contributed by atoms with E-state index < -0.39 is 72.2 Å². The van der Waals surface area contributed by atoms with Gasteiger partial charge in [0.15, 0.2) is 0 Å². The second-order valence-electron chi connectivity index (χ2n) is 10.7. The Bertz CT molecular complexity index is 982. The van der Waals surface area contributed by atoms with Gasteiger partial charge in [-0.2, -0.15) is 18.4 Å². The number of hydrogen-bond donors (Lipinski definition) is 3. The van der Waals surface area contributed by atoms with E-state index in [9.17, 15) is 46.4 Å². The molecule has 3 heterocycles. The zero-order valence-electron chi connectivity index (χ0n) is 21.1. The molecule has 4 aliphatic rings. The molecule has 0 aromatic rings. The molecule has 4 fully saturated rings. The minimum Gasteiger partial charge on any atom is -0.356 e. The van der Waals surface area contributed by atoms with Crippen molar-refractivity contribution in [3.63, 3.8) is 0 Å². The summed E-state index contributed by atoms with van der Waals surface area (Å²) < 4.78 is 68.7. The number of halogens is 5. The Balaban J connectivity index is 1.87. The normalized spacial score (nSPS) is 28.2. The molecule has 0 radical (unpaired) electrons.